The Balaban J connectivity index is 1.70. The molecule has 0 aromatic heterocycles. The lowest BCUT2D eigenvalue weighted by atomic mass is 9.49. The van der Waals surface area contributed by atoms with Crippen LogP contribution in [0.1, 0.15) is 58.8 Å². The van der Waals surface area contributed by atoms with Gasteiger partial charge in [0.25, 0.3) is 0 Å². The minimum atomic E-state index is 0.0543. The summed E-state index contributed by atoms with van der Waals surface area (Å²) in [4.78, 5) is 11.8. The van der Waals surface area contributed by atoms with E-state index < -0.39 is 0 Å². The highest BCUT2D eigenvalue weighted by molar-refractivity contribution is 14.1. The van der Waals surface area contributed by atoms with E-state index in [0.717, 1.165) is 37.0 Å². The van der Waals surface area contributed by atoms with Crippen LogP contribution in [0.2, 0.25) is 0 Å². The van der Waals surface area contributed by atoms with Crippen molar-refractivity contribution < 1.29 is 4.79 Å². The molecule has 0 aliphatic heterocycles. The van der Waals surface area contributed by atoms with Gasteiger partial charge in [-0.05, 0) is 79.6 Å². The maximum absolute atomic E-state index is 11.8. The van der Waals surface area contributed by atoms with Crippen molar-refractivity contribution in [1.29, 1.82) is 0 Å². The molecule has 0 saturated heterocycles. The van der Waals surface area contributed by atoms with Gasteiger partial charge < -0.3 is 0 Å². The number of carbonyl (C=O) groups is 1. The highest BCUT2D eigenvalue weighted by Crippen LogP contribution is 2.67. The molecule has 0 bridgehead atoms. The summed E-state index contributed by atoms with van der Waals surface area (Å²) in [6.45, 7) is 4.91. The quantitative estimate of drug-likeness (QED) is 0.299. The normalized spacial score (nSPS) is 52.0. The van der Waals surface area contributed by atoms with Crippen molar-refractivity contribution in [3.63, 3.8) is 0 Å². The summed E-state index contributed by atoms with van der Waals surface area (Å²) in [5, 5.41) is 0. The second-order valence-corrected chi connectivity index (χ2v) is 10.6. The number of rotatable bonds is 0. The molecule has 4 aliphatic carbocycles. The summed E-state index contributed by atoms with van der Waals surface area (Å²) in [7, 11) is 0. The zero-order valence-corrected chi connectivity index (χ0v) is 16.4. The van der Waals surface area contributed by atoms with Gasteiger partial charge in [0.05, 0.1) is 3.42 Å². The third-order valence-corrected chi connectivity index (χ3v) is 10.0. The number of halogens is 1. The standard InChI is InChI=1S/C21H27IO/c1-4-21(22)10-8-18-19-13(2)11-14-12-15(23)5-6-16(14)17(19)7-9-20(18,21)3/h1,12-13,16-19H,5-11H2,2-3H3/t13-,16?,17?,18?,19?,20+,21-/m1/s1. The van der Waals surface area contributed by atoms with Crippen LogP contribution in [0.5, 0.6) is 0 Å². The largest absolute Gasteiger partial charge is 0.295 e. The van der Waals surface area contributed by atoms with Crippen molar-refractivity contribution in [3.8, 4) is 12.3 Å². The number of hydrogen-bond donors (Lipinski definition) is 0. The molecular weight excluding hydrogens is 395 g/mol. The van der Waals surface area contributed by atoms with E-state index in [-0.39, 0.29) is 3.42 Å². The van der Waals surface area contributed by atoms with E-state index >= 15 is 0 Å². The van der Waals surface area contributed by atoms with Crippen LogP contribution in [-0.2, 0) is 4.79 Å². The zero-order valence-electron chi connectivity index (χ0n) is 14.3. The first-order valence-corrected chi connectivity index (χ1v) is 10.4. The summed E-state index contributed by atoms with van der Waals surface area (Å²) >= 11 is 2.60. The first-order chi connectivity index (χ1) is 10.9. The predicted molar refractivity (Wildman–Crippen MR) is 102 cm³/mol. The van der Waals surface area contributed by atoms with Crippen LogP contribution < -0.4 is 0 Å². The van der Waals surface area contributed by atoms with Gasteiger partial charge in [-0.2, -0.15) is 0 Å². The third kappa shape index (κ3) is 2.14. The molecule has 4 rings (SSSR count). The molecule has 3 fully saturated rings. The molecule has 0 N–H and O–H groups in total. The van der Waals surface area contributed by atoms with Gasteiger partial charge in [0.2, 0.25) is 0 Å². The first kappa shape index (κ1) is 16.2. The number of carbonyl (C=O) groups excluding carboxylic acids is 1. The number of allylic oxidation sites excluding steroid dienone is 1. The van der Waals surface area contributed by atoms with E-state index in [4.69, 9.17) is 6.42 Å². The summed E-state index contributed by atoms with van der Waals surface area (Å²) in [5.41, 5.74) is 1.79. The Morgan fingerprint density at radius 2 is 2.09 bits per heavy atom. The van der Waals surface area contributed by atoms with Gasteiger partial charge in [-0.3, -0.25) is 4.79 Å². The van der Waals surface area contributed by atoms with Gasteiger partial charge in [0.15, 0.2) is 5.78 Å². The Bertz CT molecular complexity index is 614. The van der Waals surface area contributed by atoms with Crippen LogP contribution in [0.4, 0.5) is 0 Å². The summed E-state index contributed by atoms with van der Waals surface area (Å²) in [5.74, 6) is 7.33. The van der Waals surface area contributed by atoms with Crippen molar-refractivity contribution in [2.24, 2.45) is 35.0 Å². The van der Waals surface area contributed by atoms with E-state index in [1.165, 1.54) is 31.3 Å². The maximum Gasteiger partial charge on any atom is 0.155 e. The molecule has 1 nitrogen and oxygen atoms in total. The van der Waals surface area contributed by atoms with Gasteiger partial charge >= 0.3 is 0 Å². The fraction of sp³-hybridized carbons (Fsp3) is 0.762. The van der Waals surface area contributed by atoms with Gasteiger partial charge in [-0.25, -0.2) is 0 Å². The smallest absolute Gasteiger partial charge is 0.155 e. The molecule has 0 aromatic carbocycles. The summed E-state index contributed by atoms with van der Waals surface area (Å²) < 4.78 is 0.0543. The zero-order chi connectivity index (χ0) is 16.4. The topological polar surface area (TPSA) is 17.1 Å². The second kappa shape index (κ2) is 5.35. The van der Waals surface area contributed by atoms with Crippen LogP contribution in [0.3, 0.4) is 0 Å². The molecule has 23 heavy (non-hydrogen) atoms. The minimum absolute atomic E-state index is 0.0543. The van der Waals surface area contributed by atoms with Crippen molar-refractivity contribution in [3.05, 3.63) is 11.6 Å². The summed E-state index contributed by atoms with van der Waals surface area (Å²) in [6.07, 6.45) is 16.1. The molecule has 7 atom stereocenters. The Labute approximate surface area is 154 Å². The fourth-order valence-electron chi connectivity index (χ4n) is 6.81. The van der Waals surface area contributed by atoms with E-state index in [9.17, 15) is 4.79 Å². The lowest BCUT2D eigenvalue weighted by Crippen LogP contribution is -2.52. The predicted octanol–water partition coefficient (Wildman–Crippen LogP) is 5.18. The molecule has 0 amide bonds. The molecular formula is C21H27IO. The van der Waals surface area contributed by atoms with Crippen LogP contribution in [0.15, 0.2) is 11.6 Å². The van der Waals surface area contributed by atoms with Crippen molar-refractivity contribution >= 4 is 28.4 Å². The Hall–Kier alpha value is -0.300. The summed E-state index contributed by atoms with van der Waals surface area (Å²) in [6, 6.07) is 0. The van der Waals surface area contributed by atoms with E-state index in [1.807, 2.05) is 6.08 Å². The van der Waals surface area contributed by atoms with E-state index in [1.54, 1.807) is 0 Å². The average molecular weight is 422 g/mol. The van der Waals surface area contributed by atoms with Crippen molar-refractivity contribution in [1.82, 2.24) is 0 Å². The Morgan fingerprint density at radius 1 is 1.30 bits per heavy atom. The number of fused-ring (bicyclic) bond motifs is 5. The maximum atomic E-state index is 11.8. The Morgan fingerprint density at radius 3 is 2.83 bits per heavy atom. The molecule has 124 valence electrons. The van der Waals surface area contributed by atoms with Gasteiger partial charge in [-0.15, -0.1) is 6.42 Å². The number of ketones is 1. The second-order valence-electron chi connectivity index (χ2n) is 8.80. The molecule has 2 heteroatoms. The van der Waals surface area contributed by atoms with Crippen LogP contribution >= 0.6 is 22.6 Å². The van der Waals surface area contributed by atoms with Gasteiger partial charge in [-0.1, -0.05) is 47.9 Å². The van der Waals surface area contributed by atoms with Crippen molar-refractivity contribution in [2.75, 3.05) is 0 Å². The monoisotopic (exact) mass is 422 g/mol. The molecule has 3 saturated carbocycles. The van der Waals surface area contributed by atoms with Crippen LogP contribution in [0.25, 0.3) is 0 Å². The van der Waals surface area contributed by atoms with Gasteiger partial charge in [0, 0.05) is 6.42 Å². The van der Waals surface area contributed by atoms with E-state index in [0.29, 0.717) is 23.0 Å². The highest BCUT2D eigenvalue weighted by Gasteiger charge is 2.62. The average Bonchev–Trinajstić information content (AvgIpc) is 2.79. The molecule has 0 aromatic rings. The van der Waals surface area contributed by atoms with Crippen LogP contribution in [0, 0.1) is 47.3 Å². The third-order valence-electron chi connectivity index (χ3n) is 7.96. The SMILES string of the molecule is C#C[C@@]1(I)CCC2C3C(CC[C@@]21C)C1CCC(=O)C=C1C[C@H]3C. The first-order valence-electron chi connectivity index (χ1n) is 9.29. The number of alkyl halides is 1. The molecule has 0 radical (unpaired) electrons. The minimum Gasteiger partial charge on any atom is -0.295 e. The van der Waals surface area contributed by atoms with Crippen molar-refractivity contribution in [2.45, 2.75) is 62.2 Å². The Kier molecular flexibility index (Phi) is 3.76. The number of hydrogen-bond acceptors (Lipinski definition) is 1. The molecule has 0 spiro atoms. The lowest BCUT2D eigenvalue weighted by Gasteiger charge is -2.57. The molecule has 4 aliphatic rings. The van der Waals surface area contributed by atoms with Gasteiger partial charge in [0.1, 0.15) is 0 Å². The highest BCUT2D eigenvalue weighted by atomic mass is 127. The van der Waals surface area contributed by atoms with E-state index in [2.05, 4.69) is 42.4 Å². The molecule has 0 heterocycles. The molecule has 4 unspecified atom stereocenters. The van der Waals surface area contributed by atoms with Crippen LogP contribution in [-0.4, -0.2) is 9.20 Å². The number of terminal acetylenes is 1. The lowest BCUT2D eigenvalue weighted by molar-refractivity contribution is -0.116. The fourth-order valence-corrected chi connectivity index (χ4v) is 7.79.